The SMILES string of the molecule is NC(=O)c1ccc(-c2ccc(C(Oc3cc(N4CCC5(CC4)CN[C@H](C(=O)O)C5)nc(N)n3)C(F)(F)F)cc2)cc1. The van der Waals surface area contributed by atoms with Gasteiger partial charge >= 0.3 is 12.1 Å². The molecule has 1 unspecified atom stereocenters. The highest BCUT2D eigenvalue weighted by Crippen LogP contribution is 2.41. The second-order valence-electron chi connectivity index (χ2n) is 10.5. The number of carbonyl (C=O) groups is 2. The zero-order chi connectivity index (χ0) is 29.4. The number of primary amides is 1. The number of aliphatic carboxylic acids is 1. The number of carboxylic acids is 1. The maximum Gasteiger partial charge on any atom is 0.429 e. The van der Waals surface area contributed by atoms with Crippen molar-refractivity contribution in [2.45, 2.75) is 37.6 Å². The van der Waals surface area contributed by atoms with E-state index in [0.717, 1.165) is 0 Å². The number of nitrogens with one attached hydrogen (secondary N) is 1. The van der Waals surface area contributed by atoms with E-state index in [9.17, 15) is 27.9 Å². The van der Waals surface area contributed by atoms with Crippen molar-refractivity contribution in [2.75, 3.05) is 30.3 Å². The molecule has 0 saturated carbocycles. The Bertz CT molecular complexity index is 1420. The van der Waals surface area contributed by atoms with Gasteiger partial charge in [0.1, 0.15) is 11.9 Å². The van der Waals surface area contributed by atoms with Crippen LogP contribution in [0, 0.1) is 5.41 Å². The third kappa shape index (κ3) is 6.19. The van der Waals surface area contributed by atoms with E-state index in [1.807, 2.05) is 4.90 Å². The van der Waals surface area contributed by atoms with Gasteiger partial charge in [0, 0.05) is 36.8 Å². The molecular formula is C28H29F3N6O4. The Morgan fingerprint density at radius 3 is 2.20 bits per heavy atom. The maximum absolute atomic E-state index is 14.1. The summed E-state index contributed by atoms with van der Waals surface area (Å²) in [7, 11) is 0. The number of rotatable bonds is 7. The van der Waals surface area contributed by atoms with E-state index in [1.54, 1.807) is 24.3 Å². The normalized spacial score (nSPS) is 19.2. The van der Waals surface area contributed by atoms with Gasteiger partial charge in [0.05, 0.1) is 0 Å². The van der Waals surface area contributed by atoms with E-state index in [-0.39, 0.29) is 22.8 Å². The summed E-state index contributed by atoms with van der Waals surface area (Å²) in [5.41, 5.74) is 12.5. The summed E-state index contributed by atoms with van der Waals surface area (Å²) in [5.74, 6) is -1.63. The number of aromatic nitrogens is 2. The number of hydrogen-bond acceptors (Lipinski definition) is 8. The molecule has 13 heteroatoms. The number of anilines is 2. The number of carboxylic acid groups (broad SMARTS) is 1. The molecule has 0 aliphatic carbocycles. The highest BCUT2D eigenvalue weighted by atomic mass is 19.4. The number of nitrogens with zero attached hydrogens (tertiary/aromatic N) is 3. The number of benzene rings is 2. The molecule has 2 atom stereocenters. The predicted molar refractivity (Wildman–Crippen MR) is 144 cm³/mol. The van der Waals surface area contributed by atoms with Crippen LogP contribution in [0.1, 0.15) is 41.3 Å². The lowest BCUT2D eigenvalue weighted by Gasteiger charge is -2.39. The van der Waals surface area contributed by atoms with Gasteiger partial charge in [0.25, 0.3) is 0 Å². The number of carbonyl (C=O) groups excluding carboxylic acids is 1. The standard InChI is InChI=1S/C28H29F3N6O4/c29-28(30,31)23(18-5-1-16(2-6-18)17-3-7-19(8-4-17)24(32)38)41-22-13-21(35-26(33)36-22)37-11-9-27(10-12-37)14-20(25(39)40)34-15-27/h1-8,13,20,23,34H,9-12,14-15H2,(H2,32,38)(H,39,40)(H2,33,35,36)/t20-,23?/m0/s1. The van der Waals surface area contributed by atoms with Crippen molar-refractivity contribution in [1.29, 1.82) is 0 Å². The van der Waals surface area contributed by atoms with E-state index in [4.69, 9.17) is 16.2 Å². The first-order chi connectivity index (χ1) is 19.4. The molecule has 2 fully saturated rings. The molecule has 3 aromatic rings. The van der Waals surface area contributed by atoms with Gasteiger partial charge in [-0.3, -0.25) is 9.59 Å². The molecule has 3 heterocycles. The first kappa shape index (κ1) is 28.1. The van der Waals surface area contributed by atoms with Crippen LogP contribution in [-0.4, -0.2) is 58.8 Å². The van der Waals surface area contributed by atoms with E-state index in [1.165, 1.54) is 30.3 Å². The summed E-state index contributed by atoms with van der Waals surface area (Å²) in [4.78, 5) is 32.6. The molecule has 1 spiro atoms. The quantitative estimate of drug-likeness (QED) is 0.334. The predicted octanol–water partition coefficient (Wildman–Crippen LogP) is 3.54. The van der Waals surface area contributed by atoms with Crippen molar-refractivity contribution in [2.24, 2.45) is 11.1 Å². The number of ether oxygens (including phenoxy) is 1. The lowest BCUT2D eigenvalue weighted by molar-refractivity contribution is -0.198. The zero-order valence-corrected chi connectivity index (χ0v) is 21.9. The Kier molecular flexibility index (Phi) is 7.47. The Balaban J connectivity index is 1.31. The van der Waals surface area contributed by atoms with Crippen LogP contribution in [0.5, 0.6) is 5.88 Å². The number of nitrogens with two attached hydrogens (primary N) is 2. The fourth-order valence-corrected chi connectivity index (χ4v) is 5.46. The van der Waals surface area contributed by atoms with Crippen molar-refractivity contribution in [3.05, 3.63) is 65.7 Å². The van der Waals surface area contributed by atoms with E-state index < -0.39 is 30.2 Å². The molecule has 2 aliphatic rings. The van der Waals surface area contributed by atoms with Crippen LogP contribution in [0.3, 0.4) is 0 Å². The van der Waals surface area contributed by atoms with Crippen molar-refractivity contribution in [3.63, 3.8) is 0 Å². The van der Waals surface area contributed by atoms with E-state index in [0.29, 0.717) is 61.4 Å². The average molecular weight is 571 g/mol. The van der Waals surface area contributed by atoms with Crippen LogP contribution in [0.25, 0.3) is 11.1 Å². The summed E-state index contributed by atoms with van der Waals surface area (Å²) in [6.45, 7) is 1.67. The minimum atomic E-state index is -4.75. The third-order valence-corrected chi connectivity index (χ3v) is 7.77. The third-order valence-electron chi connectivity index (χ3n) is 7.77. The van der Waals surface area contributed by atoms with Crippen LogP contribution >= 0.6 is 0 Å². The highest BCUT2D eigenvalue weighted by molar-refractivity contribution is 5.93. The second-order valence-corrected chi connectivity index (χ2v) is 10.5. The van der Waals surface area contributed by atoms with Crippen molar-refractivity contribution in [1.82, 2.24) is 15.3 Å². The summed E-state index contributed by atoms with van der Waals surface area (Å²) in [6.07, 6.45) is -5.13. The molecule has 0 radical (unpaired) electrons. The monoisotopic (exact) mass is 570 g/mol. The summed E-state index contributed by atoms with van der Waals surface area (Å²) < 4.78 is 47.8. The van der Waals surface area contributed by atoms with Gasteiger partial charge in [-0.15, -0.1) is 0 Å². The maximum atomic E-state index is 14.1. The minimum absolute atomic E-state index is 0.129. The van der Waals surface area contributed by atoms with Gasteiger partial charge in [-0.05, 0) is 47.9 Å². The summed E-state index contributed by atoms with van der Waals surface area (Å²) in [6, 6.07) is 12.9. The minimum Gasteiger partial charge on any atom is -0.480 e. The van der Waals surface area contributed by atoms with Gasteiger partial charge in [-0.1, -0.05) is 36.4 Å². The molecule has 41 heavy (non-hydrogen) atoms. The van der Waals surface area contributed by atoms with Crippen molar-refractivity contribution < 1.29 is 32.6 Å². The number of hydrogen-bond donors (Lipinski definition) is 4. The Labute approximate surface area is 233 Å². The van der Waals surface area contributed by atoms with E-state index in [2.05, 4.69) is 15.3 Å². The Morgan fingerprint density at radius 1 is 1.05 bits per heavy atom. The lowest BCUT2D eigenvalue weighted by atomic mass is 9.76. The fourth-order valence-electron chi connectivity index (χ4n) is 5.46. The van der Waals surface area contributed by atoms with Crippen LogP contribution in [0.15, 0.2) is 54.6 Å². The van der Waals surface area contributed by atoms with Crippen molar-refractivity contribution >= 4 is 23.6 Å². The van der Waals surface area contributed by atoms with E-state index >= 15 is 0 Å². The molecule has 6 N–H and O–H groups in total. The largest absolute Gasteiger partial charge is 0.480 e. The number of amides is 1. The first-order valence-corrected chi connectivity index (χ1v) is 13.0. The molecular weight excluding hydrogens is 541 g/mol. The van der Waals surface area contributed by atoms with Gasteiger partial charge < -0.3 is 31.5 Å². The first-order valence-electron chi connectivity index (χ1n) is 13.0. The van der Waals surface area contributed by atoms with Gasteiger partial charge in [0.2, 0.25) is 23.8 Å². The Morgan fingerprint density at radius 2 is 1.66 bits per heavy atom. The molecule has 2 aliphatic heterocycles. The lowest BCUT2D eigenvalue weighted by Crippen LogP contribution is -2.41. The molecule has 2 saturated heterocycles. The zero-order valence-electron chi connectivity index (χ0n) is 21.9. The Hall–Kier alpha value is -4.39. The number of nitrogen functional groups attached to an aromatic ring is 1. The summed E-state index contributed by atoms with van der Waals surface area (Å²) >= 11 is 0. The van der Waals surface area contributed by atoms with Crippen LogP contribution in [-0.2, 0) is 4.79 Å². The average Bonchev–Trinajstić information content (AvgIpc) is 3.35. The van der Waals surface area contributed by atoms with Crippen molar-refractivity contribution in [3.8, 4) is 17.0 Å². The topological polar surface area (TPSA) is 157 Å². The fraction of sp³-hybridized carbons (Fsp3) is 0.357. The van der Waals surface area contributed by atoms with Gasteiger partial charge in [-0.2, -0.15) is 23.1 Å². The van der Waals surface area contributed by atoms with Crippen LogP contribution in [0.4, 0.5) is 24.9 Å². The van der Waals surface area contributed by atoms with Gasteiger partial charge in [-0.25, -0.2) is 0 Å². The molecule has 1 amide bonds. The van der Waals surface area contributed by atoms with Crippen LogP contribution in [0.2, 0.25) is 0 Å². The molecule has 5 rings (SSSR count). The van der Waals surface area contributed by atoms with Crippen LogP contribution < -0.4 is 26.4 Å². The molecule has 10 nitrogen and oxygen atoms in total. The smallest absolute Gasteiger partial charge is 0.429 e. The highest BCUT2D eigenvalue weighted by Gasteiger charge is 2.45. The molecule has 1 aromatic heterocycles. The number of alkyl halides is 3. The molecule has 0 bridgehead atoms. The molecule has 2 aromatic carbocycles. The number of halogens is 3. The number of piperidine rings is 1. The molecule has 216 valence electrons. The summed E-state index contributed by atoms with van der Waals surface area (Å²) in [5, 5.41) is 12.4. The van der Waals surface area contributed by atoms with Gasteiger partial charge in [0.15, 0.2) is 0 Å². The second kappa shape index (κ2) is 10.9.